The molecule has 2 aromatic carbocycles. The van der Waals surface area contributed by atoms with E-state index in [1.54, 1.807) is 49.9 Å². The number of phenolic OH excluding ortho intramolecular Hbond substituents is 1. The number of carbonyl (C=O) groups is 3. The van der Waals surface area contributed by atoms with Gasteiger partial charge >= 0.3 is 6.09 Å². The molecule has 8 heteroatoms. The fourth-order valence-corrected chi connectivity index (χ4v) is 6.19. The van der Waals surface area contributed by atoms with Crippen molar-refractivity contribution in [1.82, 2.24) is 15.5 Å². The van der Waals surface area contributed by atoms with E-state index in [0.717, 1.165) is 54.4 Å². The van der Waals surface area contributed by atoms with Gasteiger partial charge in [0, 0.05) is 18.5 Å². The molecule has 45 heavy (non-hydrogen) atoms. The van der Waals surface area contributed by atoms with Crippen molar-refractivity contribution in [2.24, 2.45) is 5.92 Å². The van der Waals surface area contributed by atoms with Gasteiger partial charge in [-0.05, 0) is 108 Å². The minimum Gasteiger partial charge on any atom is -0.508 e. The van der Waals surface area contributed by atoms with Crippen LogP contribution in [0.5, 0.6) is 5.75 Å². The van der Waals surface area contributed by atoms with E-state index < -0.39 is 23.8 Å². The van der Waals surface area contributed by atoms with Crippen molar-refractivity contribution in [3.05, 3.63) is 64.7 Å². The lowest BCUT2D eigenvalue weighted by molar-refractivity contribution is -0.145. The normalized spacial score (nSPS) is 16.0. The highest BCUT2D eigenvalue weighted by Gasteiger charge is 2.40. The van der Waals surface area contributed by atoms with Gasteiger partial charge in [0.1, 0.15) is 23.4 Å². The molecule has 248 valence electrons. The summed E-state index contributed by atoms with van der Waals surface area (Å²) in [6, 6.07) is 10.4. The van der Waals surface area contributed by atoms with E-state index in [2.05, 4.69) is 24.5 Å². The first kappa shape index (κ1) is 35.9. The quantitative estimate of drug-likeness (QED) is 0.231. The van der Waals surface area contributed by atoms with E-state index in [4.69, 9.17) is 4.74 Å². The maximum Gasteiger partial charge on any atom is 0.408 e. The van der Waals surface area contributed by atoms with Gasteiger partial charge in [0.25, 0.3) is 0 Å². The summed E-state index contributed by atoms with van der Waals surface area (Å²) in [4.78, 5) is 44.3. The number of alkyl carbamates (subject to hydrolysis) is 1. The highest BCUT2D eigenvalue weighted by atomic mass is 16.6. The number of hydrogen-bond donors (Lipinski definition) is 3. The van der Waals surface area contributed by atoms with Gasteiger partial charge in [-0.15, -0.1) is 0 Å². The summed E-state index contributed by atoms with van der Waals surface area (Å²) >= 11 is 0. The second-order valence-electron chi connectivity index (χ2n) is 14.2. The molecule has 2 aromatic rings. The Hall–Kier alpha value is -3.55. The first-order valence-electron chi connectivity index (χ1n) is 16.6. The molecule has 0 spiro atoms. The topological polar surface area (TPSA) is 108 Å². The van der Waals surface area contributed by atoms with Crippen LogP contribution in [0, 0.1) is 19.8 Å². The van der Waals surface area contributed by atoms with Gasteiger partial charge in [-0.3, -0.25) is 9.59 Å². The Balaban J connectivity index is 2.14. The van der Waals surface area contributed by atoms with Crippen LogP contribution in [0.25, 0.3) is 0 Å². The molecule has 3 unspecified atom stereocenters. The highest BCUT2D eigenvalue weighted by molar-refractivity contribution is 5.93. The second kappa shape index (κ2) is 16.1. The van der Waals surface area contributed by atoms with Gasteiger partial charge < -0.3 is 25.4 Å². The van der Waals surface area contributed by atoms with Crippen molar-refractivity contribution in [1.29, 1.82) is 0 Å². The van der Waals surface area contributed by atoms with Crippen LogP contribution in [0.3, 0.4) is 0 Å². The fourth-order valence-electron chi connectivity index (χ4n) is 6.19. The van der Waals surface area contributed by atoms with E-state index in [1.165, 1.54) is 6.42 Å². The zero-order chi connectivity index (χ0) is 33.3. The van der Waals surface area contributed by atoms with E-state index in [9.17, 15) is 19.5 Å². The third-order valence-corrected chi connectivity index (χ3v) is 8.55. The lowest BCUT2D eigenvalue weighted by Crippen LogP contribution is -2.57. The standard InChI is InChI=1S/C37H55N3O5/c1-24(2)17-18-27(5)40(33(32-25(3)13-12-14-26(32)4)34(42)38-29-15-10-9-11-16-29)35(43)31(39-36(44)45-37(6,7)8)23-28-19-21-30(41)22-20-28/h12-14,19-22,24,27,29,31,33,41H,9-11,15-18,23H2,1-8H3,(H,38,42)(H,39,44). The van der Waals surface area contributed by atoms with Gasteiger partial charge in [-0.2, -0.15) is 0 Å². The van der Waals surface area contributed by atoms with E-state index in [0.29, 0.717) is 12.3 Å². The van der Waals surface area contributed by atoms with E-state index >= 15 is 0 Å². The maximum atomic E-state index is 15.0. The molecule has 3 atom stereocenters. The van der Waals surface area contributed by atoms with Crippen molar-refractivity contribution in [2.45, 2.75) is 137 Å². The van der Waals surface area contributed by atoms with Crippen LogP contribution in [-0.2, 0) is 20.7 Å². The number of phenols is 1. The third-order valence-electron chi connectivity index (χ3n) is 8.55. The summed E-state index contributed by atoms with van der Waals surface area (Å²) < 4.78 is 5.59. The monoisotopic (exact) mass is 621 g/mol. The van der Waals surface area contributed by atoms with Gasteiger partial charge in [0.2, 0.25) is 11.8 Å². The van der Waals surface area contributed by atoms with Crippen LogP contribution in [0.15, 0.2) is 42.5 Å². The number of benzene rings is 2. The largest absolute Gasteiger partial charge is 0.508 e. The number of hydrogen-bond acceptors (Lipinski definition) is 5. The number of aryl methyl sites for hydroxylation is 2. The molecule has 1 saturated carbocycles. The zero-order valence-corrected chi connectivity index (χ0v) is 28.6. The molecule has 1 fully saturated rings. The molecule has 0 saturated heterocycles. The third kappa shape index (κ3) is 10.8. The van der Waals surface area contributed by atoms with Gasteiger partial charge in [0.05, 0.1) is 0 Å². The van der Waals surface area contributed by atoms with Crippen molar-refractivity contribution in [3.63, 3.8) is 0 Å². The second-order valence-corrected chi connectivity index (χ2v) is 14.2. The van der Waals surface area contributed by atoms with Crippen molar-refractivity contribution < 1.29 is 24.2 Å². The number of ether oxygens (including phenoxy) is 1. The Morgan fingerprint density at radius 3 is 2.09 bits per heavy atom. The molecule has 8 nitrogen and oxygen atoms in total. The summed E-state index contributed by atoms with van der Waals surface area (Å²) in [6.45, 7) is 15.6. The molecule has 3 N–H and O–H groups in total. The van der Waals surface area contributed by atoms with Crippen LogP contribution >= 0.6 is 0 Å². The molecule has 0 aliphatic heterocycles. The van der Waals surface area contributed by atoms with Crippen LogP contribution in [-0.4, -0.2) is 51.6 Å². The molecular formula is C37H55N3O5. The Morgan fingerprint density at radius 1 is 0.933 bits per heavy atom. The first-order valence-corrected chi connectivity index (χ1v) is 16.6. The van der Waals surface area contributed by atoms with E-state index in [-0.39, 0.29) is 36.1 Å². The van der Waals surface area contributed by atoms with Gasteiger partial charge in [-0.1, -0.05) is 63.4 Å². The molecule has 0 aromatic heterocycles. The predicted molar refractivity (Wildman–Crippen MR) is 179 cm³/mol. The fraction of sp³-hybridized carbons (Fsp3) is 0.595. The summed E-state index contributed by atoms with van der Waals surface area (Å²) in [5.41, 5.74) is 2.68. The van der Waals surface area contributed by atoms with Crippen molar-refractivity contribution in [2.75, 3.05) is 0 Å². The molecule has 0 heterocycles. The molecule has 0 radical (unpaired) electrons. The SMILES string of the molecule is Cc1cccc(C)c1C(C(=O)NC1CCCCC1)N(C(=O)C(Cc1ccc(O)cc1)NC(=O)OC(C)(C)C)C(C)CCC(C)C. The van der Waals surface area contributed by atoms with Crippen molar-refractivity contribution >= 4 is 17.9 Å². The predicted octanol–water partition coefficient (Wildman–Crippen LogP) is 7.29. The van der Waals surface area contributed by atoms with Crippen LogP contribution < -0.4 is 10.6 Å². The number of nitrogens with zero attached hydrogens (tertiary/aromatic N) is 1. The number of carbonyl (C=O) groups excluding carboxylic acids is 3. The minimum absolute atomic E-state index is 0.0636. The van der Waals surface area contributed by atoms with E-state index in [1.807, 2.05) is 39.0 Å². The first-order chi connectivity index (χ1) is 21.2. The molecular weight excluding hydrogens is 566 g/mol. The summed E-state index contributed by atoms with van der Waals surface area (Å²) in [7, 11) is 0. The lowest BCUT2D eigenvalue weighted by Gasteiger charge is -2.40. The number of amides is 3. The number of aromatic hydroxyl groups is 1. The Kier molecular flexibility index (Phi) is 12.9. The molecule has 1 aliphatic rings. The minimum atomic E-state index is -1.01. The van der Waals surface area contributed by atoms with Gasteiger partial charge in [0.15, 0.2) is 0 Å². The molecule has 0 bridgehead atoms. The highest BCUT2D eigenvalue weighted by Crippen LogP contribution is 2.33. The molecule has 3 amide bonds. The lowest BCUT2D eigenvalue weighted by atomic mass is 9.90. The molecule has 3 rings (SSSR count). The number of nitrogens with one attached hydrogen (secondary N) is 2. The Bertz CT molecular complexity index is 1260. The summed E-state index contributed by atoms with van der Waals surface area (Å²) in [5, 5.41) is 16.0. The van der Waals surface area contributed by atoms with Gasteiger partial charge in [-0.25, -0.2) is 4.79 Å². The van der Waals surface area contributed by atoms with Crippen LogP contribution in [0.4, 0.5) is 4.79 Å². The molecule has 1 aliphatic carbocycles. The summed E-state index contributed by atoms with van der Waals surface area (Å²) in [6.07, 6.45) is 6.18. The zero-order valence-electron chi connectivity index (χ0n) is 28.6. The average molecular weight is 622 g/mol. The number of rotatable bonds is 12. The average Bonchev–Trinajstić information content (AvgIpc) is 2.95. The Morgan fingerprint density at radius 2 is 1.53 bits per heavy atom. The summed E-state index contributed by atoms with van der Waals surface area (Å²) in [5.74, 6) is -0.0201. The van der Waals surface area contributed by atoms with Crippen molar-refractivity contribution in [3.8, 4) is 5.75 Å². The van der Waals surface area contributed by atoms with Crippen LogP contribution in [0.2, 0.25) is 0 Å². The smallest absolute Gasteiger partial charge is 0.408 e. The maximum absolute atomic E-state index is 15.0. The van der Waals surface area contributed by atoms with Crippen LogP contribution in [0.1, 0.15) is 115 Å². The Labute approximate surface area is 270 Å².